The summed E-state index contributed by atoms with van der Waals surface area (Å²) in [5.41, 5.74) is 0.837. The maximum absolute atomic E-state index is 11.5. The second-order valence-electron chi connectivity index (χ2n) is 5.09. The third-order valence-electron chi connectivity index (χ3n) is 3.47. The lowest BCUT2D eigenvalue weighted by molar-refractivity contribution is -0.116. The van der Waals surface area contributed by atoms with Crippen molar-refractivity contribution in [3.8, 4) is 5.75 Å². The van der Waals surface area contributed by atoms with Gasteiger partial charge in [-0.05, 0) is 37.2 Å². The minimum atomic E-state index is 0.00198. The van der Waals surface area contributed by atoms with Crippen LogP contribution in [0.1, 0.15) is 24.3 Å². The molecule has 0 spiro atoms. The zero-order valence-electron chi connectivity index (χ0n) is 13.2. The molecule has 118 valence electrons. The number of hydrogen-bond donors (Lipinski definition) is 1. The van der Waals surface area contributed by atoms with Gasteiger partial charge in [0.05, 0.1) is 0 Å². The Labute approximate surface area is 135 Å². The van der Waals surface area contributed by atoms with E-state index in [1.54, 1.807) is 30.2 Å². The normalized spacial score (nSPS) is 12.0. The summed E-state index contributed by atoms with van der Waals surface area (Å²) in [5, 5.41) is 5.22. The molecule has 2 rings (SSSR count). The standard InChI is InChI=1S/C17H22N2O2S/c1-13(20)19(3)14-6-4-7-15(12-14)21-16(9-10-18-2)17-8-5-11-22-17/h4-8,11-12,16,18H,9-10H2,1-3H3. The third kappa shape index (κ3) is 4.32. The molecule has 1 N–H and O–H groups in total. The summed E-state index contributed by atoms with van der Waals surface area (Å²) in [4.78, 5) is 14.3. The number of anilines is 1. The second-order valence-corrected chi connectivity index (χ2v) is 6.07. The van der Waals surface area contributed by atoms with Crippen LogP contribution in [0.4, 0.5) is 5.69 Å². The summed E-state index contributed by atoms with van der Waals surface area (Å²) in [6.45, 7) is 2.44. The molecule has 0 fully saturated rings. The molecule has 1 aromatic carbocycles. The van der Waals surface area contributed by atoms with Crippen molar-refractivity contribution in [1.82, 2.24) is 5.32 Å². The Morgan fingerprint density at radius 2 is 2.18 bits per heavy atom. The fraction of sp³-hybridized carbons (Fsp3) is 0.353. The topological polar surface area (TPSA) is 41.6 Å². The minimum absolute atomic E-state index is 0.00198. The largest absolute Gasteiger partial charge is 0.485 e. The Kier molecular flexibility index (Phi) is 5.98. The van der Waals surface area contributed by atoms with Crippen molar-refractivity contribution in [1.29, 1.82) is 0 Å². The Morgan fingerprint density at radius 3 is 2.82 bits per heavy atom. The minimum Gasteiger partial charge on any atom is -0.485 e. The number of carbonyl (C=O) groups is 1. The quantitative estimate of drug-likeness (QED) is 0.850. The Hall–Kier alpha value is -1.85. The van der Waals surface area contributed by atoms with Gasteiger partial charge in [-0.15, -0.1) is 11.3 Å². The van der Waals surface area contributed by atoms with Gasteiger partial charge in [0.15, 0.2) is 0 Å². The number of amides is 1. The Bertz CT molecular complexity index is 598. The van der Waals surface area contributed by atoms with E-state index in [1.807, 2.05) is 37.4 Å². The number of nitrogens with zero attached hydrogens (tertiary/aromatic N) is 1. The van der Waals surface area contributed by atoms with E-state index in [0.717, 1.165) is 24.4 Å². The van der Waals surface area contributed by atoms with Crippen molar-refractivity contribution in [2.24, 2.45) is 0 Å². The number of thiophene rings is 1. The predicted octanol–water partition coefficient (Wildman–Crippen LogP) is 3.46. The Balaban J connectivity index is 2.16. The first-order valence-corrected chi connectivity index (χ1v) is 8.19. The maximum Gasteiger partial charge on any atom is 0.223 e. The van der Waals surface area contributed by atoms with Gasteiger partial charge in [-0.1, -0.05) is 12.1 Å². The average molecular weight is 318 g/mol. The third-order valence-corrected chi connectivity index (χ3v) is 4.44. The second kappa shape index (κ2) is 7.96. The van der Waals surface area contributed by atoms with Gasteiger partial charge < -0.3 is 15.0 Å². The van der Waals surface area contributed by atoms with Crippen LogP contribution >= 0.6 is 11.3 Å². The molecule has 0 saturated heterocycles. The van der Waals surface area contributed by atoms with Gasteiger partial charge in [0.25, 0.3) is 0 Å². The molecule has 0 radical (unpaired) electrons. The number of hydrogen-bond acceptors (Lipinski definition) is 4. The zero-order valence-corrected chi connectivity index (χ0v) is 14.0. The highest BCUT2D eigenvalue weighted by Gasteiger charge is 2.15. The molecule has 1 aromatic heterocycles. The van der Waals surface area contributed by atoms with Gasteiger partial charge in [-0.3, -0.25) is 4.79 Å². The van der Waals surface area contributed by atoms with Crippen LogP contribution in [0, 0.1) is 0 Å². The van der Waals surface area contributed by atoms with Crippen molar-refractivity contribution in [2.45, 2.75) is 19.4 Å². The van der Waals surface area contributed by atoms with E-state index in [0.29, 0.717) is 0 Å². The Morgan fingerprint density at radius 1 is 1.36 bits per heavy atom. The summed E-state index contributed by atoms with van der Waals surface area (Å²) in [5.74, 6) is 0.780. The first-order valence-electron chi connectivity index (χ1n) is 7.31. The lowest BCUT2D eigenvalue weighted by Gasteiger charge is -2.20. The van der Waals surface area contributed by atoms with Crippen molar-refractivity contribution >= 4 is 22.9 Å². The molecule has 0 bridgehead atoms. The van der Waals surface area contributed by atoms with E-state index in [2.05, 4.69) is 16.8 Å². The van der Waals surface area contributed by atoms with Crippen LogP contribution in [-0.4, -0.2) is 26.5 Å². The number of ether oxygens (including phenoxy) is 1. The molecular weight excluding hydrogens is 296 g/mol. The summed E-state index contributed by atoms with van der Waals surface area (Å²) in [6.07, 6.45) is 0.911. The lowest BCUT2D eigenvalue weighted by Crippen LogP contribution is -2.22. The summed E-state index contributed by atoms with van der Waals surface area (Å²) < 4.78 is 6.16. The first kappa shape index (κ1) is 16.5. The van der Waals surface area contributed by atoms with Crippen LogP contribution in [0.5, 0.6) is 5.75 Å². The number of carbonyl (C=O) groups excluding carboxylic acids is 1. The van der Waals surface area contributed by atoms with Crippen LogP contribution in [0.25, 0.3) is 0 Å². The van der Waals surface area contributed by atoms with Crippen LogP contribution < -0.4 is 15.0 Å². The van der Waals surface area contributed by atoms with Crippen molar-refractivity contribution < 1.29 is 9.53 Å². The van der Waals surface area contributed by atoms with E-state index in [1.165, 1.54) is 4.88 Å². The SMILES string of the molecule is CNCCC(Oc1cccc(N(C)C(C)=O)c1)c1cccs1. The van der Waals surface area contributed by atoms with E-state index in [4.69, 9.17) is 4.74 Å². The fourth-order valence-electron chi connectivity index (χ4n) is 2.12. The van der Waals surface area contributed by atoms with Crippen LogP contribution in [0.3, 0.4) is 0 Å². The molecule has 5 heteroatoms. The van der Waals surface area contributed by atoms with Crippen molar-refractivity contribution in [3.63, 3.8) is 0 Å². The maximum atomic E-state index is 11.5. The van der Waals surface area contributed by atoms with E-state index >= 15 is 0 Å². The van der Waals surface area contributed by atoms with Crippen molar-refractivity contribution in [2.75, 3.05) is 25.5 Å². The van der Waals surface area contributed by atoms with Crippen LogP contribution in [0.2, 0.25) is 0 Å². The summed E-state index contributed by atoms with van der Waals surface area (Å²) >= 11 is 1.70. The van der Waals surface area contributed by atoms with Crippen LogP contribution in [0.15, 0.2) is 41.8 Å². The van der Waals surface area contributed by atoms with E-state index in [9.17, 15) is 4.79 Å². The van der Waals surface area contributed by atoms with E-state index < -0.39 is 0 Å². The van der Waals surface area contributed by atoms with Gasteiger partial charge >= 0.3 is 0 Å². The van der Waals surface area contributed by atoms with Gasteiger partial charge in [-0.25, -0.2) is 0 Å². The molecule has 1 atom stereocenters. The molecule has 1 unspecified atom stereocenters. The van der Waals surface area contributed by atoms with E-state index in [-0.39, 0.29) is 12.0 Å². The molecule has 2 aromatic rings. The highest BCUT2D eigenvalue weighted by atomic mass is 32.1. The summed E-state index contributed by atoms with van der Waals surface area (Å²) in [6, 6.07) is 11.8. The predicted molar refractivity (Wildman–Crippen MR) is 91.8 cm³/mol. The number of rotatable bonds is 7. The van der Waals surface area contributed by atoms with Crippen LogP contribution in [-0.2, 0) is 4.79 Å². The molecule has 1 amide bonds. The molecule has 4 nitrogen and oxygen atoms in total. The number of nitrogens with one attached hydrogen (secondary N) is 1. The van der Waals surface area contributed by atoms with Gasteiger partial charge in [0, 0.05) is 37.0 Å². The lowest BCUT2D eigenvalue weighted by atomic mass is 10.2. The number of benzene rings is 1. The molecule has 0 aliphatic heterocycles. The highest BCUT2D eigenvalue weighted by Crippen LogP contribution is 2.29. The first-order chi connectivity index (χ1) is 10.6. The summed E-state index contributed by atoms with van der Waals surface area (Å²) in [7, 11) is 3.70. The van der Waals surface area contributed by atoms with Crippen molar-refractivity contribution in [3.05, 3.63) is 46.7 Å². The smallest absolute Gasteiger partial charge is 0.223 e. The van der Waals surface area contributed by atoms with Gasteiger partial charge in [0.1, 0.15) is 11.9 Å². The fourth-order valence-corrected chi connectivity index (χ4v) is 2.91. The monoisotopic (exact) mass is 318 g/mol. The molecule has 0 aliphatic carbocycles. The molecule has 1 heterocycles. The van der Waals surface area contributed by atoms with Gasteiger partial charge in [-0.2, -0.15) is 0 Å². The van der Waals surface area contributed by atoms with Gasteiger partial charge in [0.2, 0.25) is 5.91 Å². The molecule has 0 aliphatic rings. The average Bonchev–Trinajstić information content (AvgIpc) is 3.05. The highest BCUT2D eigenvalue weighted by molar-refractivity contribution is 7.10. The molecular formula is C17H22N2O2S. The molecule has 0 saturated carbocycles. The zero-order chi connectivity index (χ0) is 15.9. The molecule has 22 heavy (non-hydrogen) atoms.